The molecule has 0 aromatic carbocycles. The summed E-state index contributed by atoms with van der Waals surface area (Å²) in [6, 6.07) is 0. The molecule has 2 nitrogen and oxygen atoms in total. The molecule has 0 N–H and O–H groups in total. The molecule has 1 aliphatic heterocycles. The molecule has 0 unspecified atom stereocenters. The summed E-state index contributed by atoms with van der Waals surface area (Å²) in [7, 11) is 0. The summed E-state index contributed by atoms with van der Waals surface area (Å²) >= 11 is 0. The Morgan fingerprint density at radius 1 is 1.13 bits per heavy atom. The Hall–Kier alpha value is -1.05. The van der Waals surface area contributed by atoms with E-state index in [1.807, 2.05) is 0 Å². The SMILES string of the molecule is CC(C)CCC[C@@H](C)[C@H]1CC[C@@]2(C)C3=CC[C@H]4[C@H](C)OC(=O)CC[C@@H]4C3=CC[C@]12C. The second kappa shape index (κ2) is 8.14. The molecular formula is C28H44O2. The Balaban J connectivity index is 1.58. The van der Waals surface area contributed by atoms with Crippen LogP contribution >= 0.6 is 0 Å². The van der Waals surface area contributed by atoms with Gasteiger partial charge in [0.25, 0.3) is 0 Å². The Morgan fingerprint density at radius 2 is 1.90 bits per heavy atom. The summed E-state index contributed by atoms with van der Waals surface area (Å²) in [6.07, 6.45) is 15.9. The van der Waals surface area contributed by atoms with Gasteiger partial charge in [-0.05, 0) is 84.7 Å². The van der Waals surface area contributed by atoms with E-state index in [4.69, 9.17) is 4.74 Å². The number of allylic oxidation sites excluding steroid dienone is 4. The van der Waals surface area contributed by atoms with Gasteiger partial charge in [-0.2, -0.15) is 0 Å². The summed E-state index contributed by atoms with van der Waals surface area (Å²) in [5.74, 6) is 3.43. The van der Waals surface area contributed by atoms with Gasteiger partial charge in [0.1, 0.15) is 6.10 Å². The van der Waals surface area contributed by atoms with Crippen LogP contribution in [0.1, 0.15) is 99.3 Å². The average molecular weight is 413 g/mol. The van der Waals surface area contributed by atoms with E-state index in [-0.39, 0.29) is 12.1 Å². The Morgan fingerprint density at radius 3 is 2.63 bits per heavy atom. The number of fused-ring (bicyclic) bond motifs is 5. The lowest BCUT2D eigenvalue weighted by Crippen LogP contribution is -2.45. The number of cyclic esters (lactones) is 1. The normalized spacial score (nSPS) is 41.8. The molecule has 0 bridgehead atoms. The first-order chi connectivity index (χ1) is 14.2. The van der Waals surface area contributed by atoms with Crippen molar-refractivity contribution < 1.29 is 9.53 Å². The molecule has 1 heterocycles. The smallest absolute Gasteiger partial charge is 0.306 e. The molecule has 2 fully saturated rings. The maximum atomic E-state index is 12.1. The summed E-state index contributed by atoms with van der Waals surface area (Å²) in [5, 5.41) is 0. The highest BCUT2D eigenvalue weighted by Gasteiger charge is 2.59. The number of carbonyl (C=O) groups excluding carboxylic acids is 1. The zero-order valence-corrected chi connectivity index (χ0v) is 20.3. The lowest BCUT2D eigenvalue weighted by atomic mass is 9.51. The highest BCUT2D eigenvalue weighted by Crippen LogP contribution is 2.68. The van der Waals surface area contributed by atoms with Gasteiger partial charge in [0.05, 0.1) is 0 Å². The minimum absolute atomic E-state index is 0.00191. The number of carbonyl (C=O) groups is 1. The molecule has 0 amide bonds. The molecule has 1 saturated heterocycles. The van der Waals surface area contributed by atoms with Crippen molar-refractivity contribution in [3.8, 4) is 0 Å². The first kappa shape index (κ1) is 22.2. The molecule has 4 rings (SSSR count). The van der Waals surface area contributed by atoms with E-state index in [0.717, 1.165) is 30.6 Å². The molecule has 30 heavy (non-hydrogen) atoms. The molecule has 0 aromatic heterocycles. The van der Waals surface area contributed by atoms with E-state index < -0.39 is 0 Å². The van der Waals surface area contributed by atoms with Crippen LogP contribution in [-0.2, 0) is 9.53 Å². The third kappa shape index (κ3) is 3.51. The maximum absolute atomic E-state index is 12.1. The summed E-state index contributed by atoms with van der Waals surface area (Å²) in [4.78, 5) is 12.1. The topological polar surface area (TPSA) is 26.3 Å². The van der Waals surface area contributed by atoms with Gasteiger partial charge in [-0.1, -0.05) is 66.0 Å². The quantitative estimate of drug-likeness (QED) is 0.437. The van der Waals surface area contributed by atoms with Crippen molar-refractivity contribution in [3.63, 3.8) is 0 Å². The van der Waals surface area contributed by atoms with Gasteiger partial charge >= 0.3 is 5.97 Å². The van der Waals surface area contributed by atoms with Gasteiger partial charge in [0, 0.05) is 12.3 Å². The Kier molecular flexibility index (Phi) is 6.01. The summed E-state index contributed by atoms with van der Waals surface area (Å²) in [6.45, 7) is 14.5. The second-order valence-corrected chi connectivity index (χ2v) is 11.9. The fourth-order valence-electron chi connectivity index (χ4n) is 7.85. The van der Waals surface area contributed by atoms with Crippen LogP contribution in [0.3, 0.4) is 0 Å². The predicted octanol–water partition coefficient (Wildman–Crippen LogP) is 7.49. The van der Waals surface area contributed by atoms with Crippen molar-refractivity contribution in [2.45, 2.75) is 105 Å². The zero-order chi connectivity index (χ0) is 21.7. The standard InChI is InChI=1S/C28H44O2/c1-18(2)8-7-9-19(3)24-15-17-28(6)25-12-10-21-20(4)30-26(29)13-11-22(21)23(25)14-16-27(24,28)5/h12,14,18-22,24H,7-11,13,15-17H2,1-6H3/t19-,20+,21+,22+,24-,27-,28+/m1/s1. The van der Waals surface area contributed by atoms with Crippen LogP contribution < -0.4 is 0 Å². The van der Waals surface area contributed by atoms with Crippen LogP contribution in [0.5, 0.6) is 0 Å². The number of esters is 1. The molecule has 2 heteroatoms. The fourth-order valence-corrected chi connectivity index (χ4v) is 7.85. The maximum Gasteiger partial charge on any atom is 0.306 e. The third-order valence-corrected chi connectivity index (χ3v) is 9.90. The van der Waals surface area contributed by atoms with Gasteiger partial charge in [-0.15, -0.1) is 0 Å². The molecule has 4 aliphatic rings. The fraction of sp³-hybridized carbons (Fsp3) is 0.821. The van der Waals surface area contributed by atoms with Crippen LogP contribution in [0.15, 0.2) is 23.3 Å². The number of ether oxygens (including phenoxy) is 1. The minimum Gasteiger partial charge on any atom is -0.462 e. The second-order valence-electron chi connectivity index (χ2n) is 11.9. The Labute approximate surface area is 184 Å². The highest BCUT2D eigenvalue weighted by molar-refractivity contribution is 5.70. The first-order valence-corrected chi connectivity index (χ1v) is 12.8. The van der Waals surface area contributed by atoms with Crippen molar-refractivity contribution in [2.75, 3.05) is 0 Å². The zero-order valence-electron chi connectivity index (χ0n) is 20.3. The van der Waals surface area contributed by atoms with E-state index in [9.17, 15) is 4.79 Å². The molecule has 168 valence electrons. The van der Waals surface area contributed by atoms with Crippen LogP contribution in [0, 0.1) is 40.4 Å². The van der Waals surface area contributed by atoms with Crippen molar-refractivity contribution in [3.05, 3.63) is 23.3 Å². The highest BCUT2D eigenvalue weighted by atomic mass is 16.5. The number of rotatable bonds is 5. The minimum atomic E-state index is 0.00191. The Bertz CT molecular complexity index is 731. The van der Waals surface area contributed by atoms with E-state index in [1.54, 1.807) is 11.1 Å². The van der Waals surface area contributed by atoms with Crippen molar-refractivity contribution in [1.29, 1.82) is 0 Å². The monoisotopic (exact) mass is 412 g/mol. The molecule has 0 spiro atoms. The number of hydrogen-bond acceptors (Lipinski definition) is 2. The summed E-state index contributed by atoms with van der Waals surface area (Å²) < 4.78 is 5.70. The van der Waals surface area contributed by atoms with Gasteiger partial charge in [-0.3, -0.25) is 4.79 Å². The van der Waals surface area contributed by atoms with Gasteiger partial charge in [0.15, 0.2) is 0 Å². The number of hydrogen-bond donors (Lipinski definition) is 0. The van der Waals surface area contributed by atoms with Gasteiger partial charge in [-0.25, -0.2) is 0 Å². The van der Waals surface area contributed by atoms with E-state index in [2.05, 4.69) is 53.7 Å². The largest absolute Gasteiger partial charge is 0.462 e. The van der Waals surface area contributed by atoms with Crippen LogP contribution in [0.4, 0.5) is 0 Å². The lowest BCUT2D eigenvalue weighted by molar-refractivity contribution is -0.148. The van der Waals surface area contributed by atoms with Crippen molar-refractivity contribution in [2.24, 2.45) is 40.4 Å². The third-order valence-electron chi connectivity index (χ3n) is 9.90. The summed E-state index contributed by atoms with van der Waals surface area (Å²) in [5.41, 5.74) is 3.90. The van der Waals surface area contributed by atoms with Crippen molar-refractivity contribution in [1.82, 2.24) is 0 Å². The van der Waals surface area contributed by atoms with E-state index in [0.29, 0.717) is 29.1 Å². The molecule has 0 aromatic rings. The van der Waals surface area contributed by atoms with E-state index >= 15 is 0 Å². The lowest BCUT2D eigenvalue weighted by Gasteiger charge is -2.53. The van der Waals surface area contributed by atoms with Gasteiger partial charge in [0.2, 0.25) is 0 Å². The molecule has 3 aliphatic carbocycles. The van der Waals surface area contributed by atoms with Gasteiger partial charge < -0.3 is 4.74 Å². The molecule has 0 radical (unpaired) electrons. The first-order valence-electron chi connectivity index (χ1n) is 12.8. The molecular weight excluding hydrogens is 368 g/mol. The molecule has 1 saturated carbocycles. The van der Waals surface area contributed by atoms with Crippen molar-refractivity contribution >= 4 is 5.97 Å². The van der Waals surface area contributed by atoms with Crippen LogP contribution in [0.25, 0.3) is 0 Å². The average Bonchev–Trinajstić information content (AvgIpc) is 2.87. The molecule has 7 atom stereocenters. The van der Waals surface area contributed by atoms with Crippen LogP contribution in [-0.4, -0.2) is 12.1 Å². The predicted molar refractivity (Wildman–Crippen MR) is 124 cm³/mol. The van der Waals surface area contributed by atoms with Crippen LogP contribution in [0.2, 0.25) is 0 Å². The van der Waals surface area contributed by atoms with E-state index in [1.165, 1.54) is 38.5 Å².